The molecule has 0 fully saturated rings. The van der Waals surface area contributed by atoms with Crippen molar-refractivity contribution in [3.8, 4) is 0 Å². The van der Waals surface area contributed by atoms with Crippen LogP contribution in [0.5, 0.6) is 0 Å². The van der Waals surface area contributed by atoms with E-state index in [1.807, 2.05) is 13.0 Å². The van der Waals surface area contributed by atoms with Crippen molar-refractivity contribution < 1.29 is 5.21 Å². The number of halogens is 1. The molecule has 2 nitrogen and oxygen atoms in total. The average molecular weight is 170 g/mol. The summed E-state index contributed by atoms with van der Waals surface area (Å²) in [6, 6.07) is 5.38. The summed E-state index contributed by atoms with van der Waals surface area (Å²) in [4.78, 5) is 0. The van der Waals surface area contributed by atoms with Gasteiger partial charge >= 0.3 is 0 Å². The van der Waals surface area contributed by atoms with Gasteiger partial charge < -0.3 is 5.21 Å². The Morgan fingerprint density at radius 1 is 1.55 bits per heavy atom. The first kappa shape index (κ1) is 8.08. The summed E-state index contributed by atoms with van der Waals surface area (Å²) in [6.45, 7) is 1.91. The van der Waals surface area contributed by atoms with Crippen molar-refractivity contribution in [3.05, 3.63) is 34.3 Å². The molecule has 0 spiro atoms. The fraction of sp³-hybridized carbons (Fsp3) is 0.125. The summed E-state index contributed by atoms with van der Waals surface area (Å²) in [7, 11) is 0. The number of rotatable bonds is 1. The molecule has 0 aliphatic rings. The molecule has 0 amide bonds. The number of hydrogen-bond acceptors (Lipinski definition) is 2. The molecule has 1 rings (SSSR count). The Morgan fingerprint density at radius 2 is 2.27 bits per heavy atom. The van der Waals surface area contributed by atoms with Crippen LogP contribution in [0, 0.1) is 6.92 Å². The molecule has 0 aliphatic heterocycles. The van der Waals surface area contributed by atoms with Crippen molar-refractivity contribution in [3.63, 3.8) is 0 Å². The molecule has 58 valence electrons. The molecule has 1 N–H and O–H groups in total. The molecule has 1 aromatic carbocycles. The monoisotopic (exact) mass is 169 g/mol. The smallest absolute Gasteiger partial charge is 0.0736 e. The van der Waals surface area contributed by atoms with Crippen LogP contribution < -0.4 is 0 Å². The third kappa shape index (κ3) is 1.95. The van der Waals surface area contributed by atoms with Crippen LogP contribution in [0.1, 0.15) is 11.1 Å². The minimum Gasteiger partial charge on any atom is -0.411 e. The summed E-state index contributed by atoms with van der Waals surface area (Å²) in [5.41, 5.74) is 1.87. The van der Waals surface area contributed by atoms with Gasteiger partial charge in [0.15, 0.2) is 0 Å². The molecular weight excluding hydrogens is 162 g/mol. The highest BCUT2D eigenvalue weighted by Gasteiger charge is 1.94. The van der Waals surface area contributed by atoms with Crippen LogP contribution in [0.2, 0.25) is 5.02 Å². The first-order valence-electron chi connectivity index (χ1n) is 3.17. The molecular formula is C8H8ClNO. The van der Waals surface area contributed by atoms with Gasteiger partial charge in [-0.3, -0.25) is 0 Å². The summed E-state index contributed by atoms with van der Waals surface area (Å²) in [6.07, 6.45) is 1.38. The Balaban J connectivity index is 3.09. The maximum atomic E-state index is 8.25. The largest absolute Gasteiger partial charge is 0.411 e. The molecule has 0 bridgehead atoms. The molecule has 0 aromatic heterocycles. The zero-order valence-electron chi connectivity index (χ0n) is 6.08. The van der Waals surface area contributed by atoms with Gasteiger partial charge in [0.25, 0.3) is 0 Å². The van der Waals surface area contributed by atoms with Crippen LogP contribution in [0.15, 0.2) is 23.4 Å². The normalized spacial score (nSPS) is 10.7. The van der Waals surface area contributed by atoms with Crippen molar-refractivity contribution >= 4 is 17.8 Å². The van der Waals surface area contributed by atoms with Crippen LogP contribution in [0.4, 0.5) is 0 Å². The Kier molecular flexibility index (Phi) is 2.49. The highest BCUT2D eigenvalue weighted by atomic mass is 35.5. The summed E-state index contributed by atoms with van der Waals surface area (Å²) in [5, 5.41) is 11.9. The van der Waals surface area contributed by atoms with Crippen LogP contribution in [0.25, 0.3) is 0 Å². The van der Waals surface area contributed by atoms with Gasteiger partial charge in [-0.2, -0.15) is 0 Å². The van der Waals surface area contributed by atoms with Crippen molar-refractivity contribution in [1.82, 2.24) is 0 Å². The highest BCUT2D eigenvalue weighted by Crippen LogP contribution is 2.13. The van der Waals surface area contributed by atoms with Gasteiger partial charge in [0.05, 0.1) is 6.21 Å². The van der Waals surface area contributed by atoms with E-state index in [4.69, 9.17) is 16.8 Å². The third-order valence-corrected chi connectivity index (χ3v) is 1.66. The van der Waals surface area contributed by atoms with E-state index in [0.29, 0.717) is 5.02 Å². The lowest BCUT2D eigenvalue weighted by Crippen LogP contribution is -1.85. The van der Waals surface area contributed by atoms with Gasteiger partial charge in [-0.1, -0.05) is 22.8 Å². The Hall–Kier alpha value is -1.02. The van der Waals surface area contributed by atoms with Crippen molar-refractivity contribution in [2.75, 3.05) is 0 Å². The molecule has 0 heterocycles. The maximum Gasteiger partial charge on any atom is 0.0736 e. The van der Waals surface area contributed by atoms with E-state index in [1.165, 1.54) is 6.21 Å². The van der Waals surface area contributed by atoms with E-state index in [0.717, 1.165) is 11.1 Å². The van der Waals surface area contributed by atoms with Crippen LogP contribution in [-0.2, 0) is 0 Å². The topological polar surface area (TPSA) is 32.6 Å². The van der Waals surface area contributed by atoms with E-state index in [2.05, 4.69) is 5.16 Å². The van der Waals surface area contributed by atoms with Crippen molar-refractivity contribution in [2.45, 2.75) is 6.92 Å². The maximum absolute atomic E-state index is 8.25. The number of oxime groups is 1. The minimum absolute atomic E-state index is 0.692. The number of benzene rings is 1. The number of aryl methyl sites for hydroxylation is 1. The molecule has 1 aromatic rings. The zero-order chi connectivity index (χ0) is 8.27. The van der Waals surface area contributed by atoms with Gasteiger partial charge in [0, 0.05) is 5.02 Å². The predicted octanol–water partition coefficient (Wildman–Crippen LogP) is 2.46. The van der Waals surface area contributed by atoms with Crippen LogP contribution in [-0.4, -0.2) is 11.4 Å². The summed E-state index contributed by atoms with van der Waals surface area (Å²) in [5.74, 6) is 0. The molecule has 0 radical (unpaired) electrons. The molecule has 3 heteroatoms. The van der Waals surface area contributed by atoms with E-state index >= 15 is 0 Å². The van der Waals surface area contributed by atoms with E-state index in [1.54, 1.807) is 12.1 Å². The van der Waals surface area contributed by atoms with Crippen LogP contribution >= 0.6 is 11.6 Å². The Bertz CT molecular complexity index is 283. The van der Waals surface area contributed by atoms with Crippen molar-refractivity contribution in [1.29, 1.82) is 0 Å². The average Bonchev–Trinajstić information content (AvgIpc) is 1.95. The first-order chi connectivity index (χ1) is 5.24. The lowest BCUT2D eigenvalue weighted by atomic mass is 10.1. The number of nitrogens with zero attached hydrogens (tertiary/aromatic N) is 1. The molecule has 0 unspecified atom stereocenters. The van der Waals surface area contributed by atoms with Crippen molar-refractivity contribution in [2.24, 2.45) is 5.16 Å². The van der Waals surface area contributed by atoms with Gasteiger partial charge in [-0.25, -0.2) is 0 Å². The Labute approximate surface area is 70.1 Å². The highest BCUT2D eigenvalue weighted by molar-refractivity contribution is 6.30. The van der Waals surface area contributed by atoms with Gasteiger partial charge in [0.1, 0.15) is 0 Å². The second kappa shape index (κ2) is 3.39. The second-order valence-corrected chi connectivity index (χ2v) is 2.68. The SMILES string of the molecule is Cc1cc(Cl)ccc1/C=N\O. The van der Waals surface area contributed by atoms with Gasteiger partial charge in [-0.15, -0.1) is 0 Å². The predicted molar refractivity (Wildman–Crippen MR) is 45.6 cm³/mol. The standard InChI is InChI=1S/C8H8ClNO/c1-6-4-8(9)3-2-7(6)5-10-11/h2-5,11H,1H3/b10-5-. The van der Waals surface area contributed by atoms with E-state index < -0.39 is 0 Å². The first-order valence-corrected chi connectivity index (χ1v) is 3.55. The lowest BCUT2D eigenvalue weighted by molar-refractivity contribution is 0.322. The zero-order valence-corrected chi connectivity index (χ0v) is 6.84. The fourth-order valence-electron chi connectivity index (χ4n) is 0.846. The van der Waals surface area contributed by atoms with Gasteiger partial charge in [-0.05, 0) is 30.2 Å². The Morgan fingerprint density at radius 3 is 2.82 bits per heavy atom. The fourth-order valence-corrected chi connectivity index (χ4v) is 1.07. The van der Waals surface area contributed by atoms with E-state index in [-0.39, 0.29) is 0 Å². The van der Waals surface area contributed by atoms with Gasteiger partial charge in [0.2, 0.25) is 0 Å². The second-order valence-electron chi connectivity index (χ2n) is 2.25. The van der Waals surface area contributed by atoms with E-state index in [9.17, 15) is 0 Å². The number of hydrogen-bond donors (Lipinski definition) is 1. The molecule has 11 heavy (non-hydrogen) atoms. The third-order valence-electron chi connectivity index (χ3n) is 1.43. The molecule has 0 saturated heterocycles. The minimum atomic E-state index is 0.692. The summed E-state index contributed by atoms with van der Waals surface area (Å²) < 4.78 is 0. The van der Waals surface area contributed by atoms with Crippen LogP contribution in [0.3, 0.4) is 0 Å². The quantitative estimate of drug-likeness (QED) is 0.391. The molecule has 0 atom stereocenters. The summed E-state index contributed by atoms with van der Waals surface area (Å²) >= 11 is 5.71. The molecule has 0 saturated carbocycles. The molecule has 0 aliphatic carbocycles. The lowest BCUT2D eigenvalue weighted by Gasteiger charge is -1.97.